The molecule has 0 amide bonds. The molecule has 5 nitrogen and oxygen atoms in total. The van der Waals surface area contributed by atoms with Crippen LogP contribution < -0.4 is 0 Å². The second-order valence-electron chi connectivity index (χ2n) is 16.0. The van der Waals surface area contributed by atoms with Crippen molar-refractivity contribution in [2.75, 3.05) is 0 Å². The van der Waals surface area contributed by atoms with Gasteiger partial charge < -0.3 is 8.98 Å². The highest BCUT2D eigenvalue weighted by Crippen LogP contribution is 2.51. The lowest BCUT2D eigenvalue weighted by molar-refractivity contribution is 0.661. The first-order valence-electron chi connectivity index (χ1n) is 20.1. The fourth-order valence-corrected chi connectivity index (χ4v) is 9.41. The van der Waals surface area contributed by atoms with Gasteiger partial charge in [-0.05, 0) is 75.8 Å². The zero-order chi connectivity index (χ0) is 39.2. The van der Waals surface area contributed by atoms with Gasteiger partial charge in [-0.3, -0.25) is 0 Å². The first kappa shape index (κ1) is 33.5. The van der Waals surface area contributed by atoms with Crippen LogP contribution in [0, 0.1) is 0 Å². The number of fused-ring (bicyclic) bond motifs is 9. The normalized spacial score (nSPS) is 13.1. The molecule has 0 unspecified atom stereocenters. The average molecular weight is 757 g/mol. The Bertz CT molecular complexity index is 3470. The Morgan fingerprint density at radius 3 is 1.90 bits per heavy atom. The lowest BCUT2D eigenvalue weighted by atomic mass is 9.82. The van der Waals surface area contributed by atoms with Crippen molar-refractivity contribution in [3.8, 4) is 62.1 Å². The molecule has 11 aromatic rings. The molecule has 0 aliphatic heterocycles. The van der Waals surface area contributed by atoms with Crippen molar-refractivity contribution in [2.45, 2.75) is 19.3 Å². The van der Waals surface area contributed by atoms with Crippen molar-refractivity contribution < 1.29 is 4.42 Å². The van der Waals surface area contributed by atoms with Crippen LogP contribution in [0.2, 0.25) is 0 Å². The highest BCUT2D eigenvalue weighted by Gasteiger charge is 2.36. The van der Waals surface area contributed by atoms with Crippen LogP contribution in [0.4, 0.5) is 0 Å². The van der Waals surface area contributed by atoms with E-state index in [9.17, 15) is 0 Å². The number of rotatable bonds is 5. The average Bonchev–Trinajstić information content (AvgIpc) is 3.92. The number of nitrogens with zero attached hydrogens (tertiary/aromatic N) is 4. The summed E-state index contributed by atoms with van der Waals surface area (Å²) in [5, 5.41) is 4.40. The second kappa shape index (κ2) is 12.7. The number of furan rings is 1. The highest BCUT2D eigenvalue weighted by atomic mass is 16.3. The van der Waals surface area contributed by atoms with Crippen molar-refractivity contribution in [3.05, 3.63) is 193 Å². The molecule has 3 aromatic heterocycles. The van der Waals surface area contributed by atoms with Crippen LogP contribution in [-0.4, -0.2) is 19.5 Å². The van der Waals surface area contributed by atoms with Crippen LogP contribution >= 0.6 is 0 Å². The molecule has 5 heteroatoms. The maximum Gasteiger partial charge on any atom is 0.164 e. The van der Waals surface area contributed by atoms with E-state index in [0.29, 0.717) is 17.5 Å². The molecule has 0 bridgehead atoms. The van der Waals surface area contributed by atoms with Crippen molar-refractivity contribution in [3.63, 3.8) is 0 Å². The lowest BCUT2D eigenvalue weighted by Crippen LogP contribution is -2.14. The van der Waals surface area contributed by atoms with Crippen molar-refractivity contribution in [1.29, 1.82) is 0 Å². The molecule has 1 aliphatic rings. The summed E-state index contributed by atoms with van der Waals surface area (Å²) in [4.78, 5) is 15.6. The molecule has 12 rings (SSSR count). The summed E-state index contributed by atoms with van der Waals surface area (Å²) in [6.07, 6.45) is 0. The molecule has 59 heavy (non-hydrogen) atoms. The number of hydrogen-bond acceptors (Lipinski definition) is 4. The molecule has 3 heterocycles. The molecule has 0 atom stereocenters. The number of benzene rings is 8. The summed E-state index contributed by atoms with van der Waals surface area (Å²) in [7, 11) is 0. The van der Waals surface area contributed by atoms with Gasteiger partial charge in [0.15, 0.2) is 23.1 Å². The Morgan fingerprint density at radius 1 is 0.424 bits per heavy atom. The molecule has 0 spiro atoms. The van der Waals surface area contributed by atoms with E-state index in [-0.39, 0.29) is 5.41 Å². The fraction of sp³-hybridized carbons (Fsp3) is 0.0556. The third-order valence-corrected chi connectivity index (χ3v) is 12.3. The summed E-state index contributed by atoms with van der Waals surface area (Å²) in [6, 6.07) is 64.0. The smallest absolute Gasteiger partial charge is 0.164 e. The van der Waals surface area contributed by atoms with E-state index in [4.69, 9.17) is 19.4 Å². The number of hydrogen-bond donors (Lipinski definition) is 0. The van der Waals surface area contributed by atoms with Crippen molar-refractivity contribution in [1.82, 2.24) is 19.5 Å². The van der Waals surface area contributed by atoms with E-state index < -0.39 is 0 Å². The number of para-hydroxylation sites is 2. The minimum atomic E-state index is -0.109. The quantitative estimate of drug-likeness (QED) is 0.175. The summed E-state index contributed by atoms with van der Waals surface area (Å²) in [5.74, 6) is 1.80. The van der Waals surface area contributed by atoms with Gasteiger partial charge in [-0.25, -0.2) is 15.0 Å². The topological polar surface area (TPSA) is 56.7 Å². The molecule has 0 saturated heterocycles. The van der Waals surface area contributed by atoms with Crippen LogP contribution in [0.25, 0.3) is 106 Å². The first-order valence-corrected chi connectivity index (χ1v) is 20.1. The minimum Gasteiger partial charge on any atom is -0.454 e. The molecular formula is C54H36N4O. The summed E-state index contributed by atoms with van der Waals surface area (Å²) in [6.45, 7) is 4.68. The Kier molecular flexibility index (Phi) is 7.20. The predicted octanol–water partition coefficient (Wildman–Crippen LogP) is 13.8. The predicted molar refractivity (Wildman–Crippen MR) is 241 cm³/mol. The molecule has 0 fully saturated rings. The largest absolute Gasteiger partial charge is 0.454 e. The van der Waals surface area contributed by atoms with Gasteiger partial charge in [0, 0.05) is 43.7 Å². The van der Waals surface area contributed by atoms with Crippen LogP contribution in [0.3, 0.4) is 0 Å². The molecule has 0 saturated carbocycles. The third-order valence-electron chi connectivity index (χ3n) is 12.3. The van der Waals surface area contributed by atoms with Gasteiger partial charge in [-0.2, -0.15) is 0 Å². The Balaban J connectivity index is 1.12. The first-order chi connectivity index (χ1) is 29.0. The van der Waals surface area contributed by atoms with E-state index in [1.54, 1.807) is 0 Å². The maximum absolute atomic E-state index is 6.95. The van der Waals surface area contributed by atoms with Gasteiger partial charge in [0.25, 0.3) is 0 Å². The van der Waals surface area contributed by atoms with Crippen LogP contribution in [-0.2, 0) is 5.41 Å². The molecule has 1 aliphatic carbocycles. The second-order valence-corrected chi connectivity index (χ2v) is 16.0. The van der Waals surface area contributed by atoms with Crippen LogP contribution in [0.15, 0.2) is 186 Å². The van der Waals surface area contributed by atoms with E-state index in [2.05, 4.69) is 152 Å². The SMILES string of the molecule is CC1(C)c2ccccc2-c2cc3c(cc21)c1ccccc1n3-c1ccc(-c2nc(-c3ccccc3)nc(-c3cccc(-c4ccccc4)c3)n2)c2c1oc1ccccc12. The van der Waals surface area contributed by atoms with E-state index >= 15 is 0 Å². The Morgan fingerprint density at radius 2 is 1.07 bits per heavy atom. The zero-order valence-corrected chi connectivity index (χ0v) is 32.5. The van der Waals surface area contributed by atoms with E-state index in [0.717, 1.165) is 66.5 Å². The van der Waals surface area contributed by atoms with Gasteiger partial charge in [-0.1, -0.05) is 153 Å². The standard InChI is InChI=1S/C54H36N4O/c1-54(2)43-25-12-9-22-37(43)41-32-47-42(31-44(41)54)38-23-10-13-26-45(38)58(47)46-29-28-40(49-39-24-11-14-27-48(39)59-50(46)49)53-56-51(34-18-7-4-8-19-34)55-52(57-53)36-21-15-20-35(30-36)33-16-5-3-6-17-33/h3-32H,1-2H3. The molecule has 8 aromatic carbocycles. The highest BCUT2D eigenvalue weighted by molar-refractivity contribution is 6.17. The summed E-state index contributed by atoms with van der Waals surface area (Å²) < 4.78 is 9.34. The van der Waals surface area contributed by atoms with Gasteiger partial charge in [0.2, 0.25) is 0 Å². The molecule has 0 radical (unpaired) electrons. The maximum atomic E-state index is 6.95. The zero-order valence-electron chi connectivity index (χ0n) is 32.5. The van der Waals surface area contributed by atoms with Gasteiger partial charge in [-0.15, -0.1) is 0 Å². The minimum absolute atomic E-state index is 0.109. The summed E-state index contributed by atoms with van der Waals surface area (Å²) in [5.41, 5.74) is 14.9. The van der Waals surface area contributed by atoms with Gasteiger partial charge >= 0.3 is 0 Å². The van der Waals surface area contributed by atoms with Gasteiger partial charge in [0.1, 0.15) is 5.58 Å². The molecular weight excluding hydrogens is 721 g/mol. The molecule has 278 valence electrons. The lowest BCUT2D eigenvalue weighted by Gasteiger charge is -2.21. The van der Waals surface area contributed by atoms with Gasteiger partial charge in [0.05, 0.1) is 16.7 Å². The van der Waals surface area contributed by atoms with E-state index in [1.165, 1.54) is 33.0 Å². The molecule has 0 N–H and O–H groups in total. The van der Waals surface area contributed by atoms with Crippen molar-refractivity contribution in [2.24, 2.45) is 0 Å². The van der Waals surface area contributed by atoms with E-state index in [1.807, 2.05) is 48.5 Å². The van der Waals surface area contributed by atoms with Crippen LogP contribution in [0.5, 0.6) is 0 Å². The Hall–Kier alpha value is -7.63. The number of aromatic nitrogens is 4. The van der Waals surface area contributed by atoms with Crippen LogP contribution in [0.1, 0.15) is 25.0 Å². The third kappa shape index (κ3) is 5.08. The van der Waals surface area contributed by atoms with Crippen molar-refractivity contribution >= 4 is 43.7 Å². The Labute approximate surface area is 340 Å². The fourth-order valence-electron chi connectivity index (χ4n) is 9.41. The summed E-state index contributed by atoms with van der Waals surface area (Å²) >= 11 is 0. The monoisotopic (exact) mass is 756 g/mol.